The number of carbonyl (C=O) groups excluding carboxylic acids is 2. The first-order valence-electron chi connectivity index (χ1n) is 9.20. The van der Waals surface area contributed by atoms with Gasteiger partial charge in [0, 0.05) is 25.3 Å². The van der Waals surface area contributed by atoms with E-state index in [9.17, 15) is 9.59 Å². The Labute approximate surface area is 178 Å². The van der Waals surface area contributed by atoms with Gasteiger partial charge in [-0.05, 0) is 43.3 Å². The van der Waals surface area contributed by atoms with E-state index in [0.29, 0.717) is 39.1 Å². The number of nitrogens with one attached hydrogen (secondary N) is 1. The number of thiazole rings is 1. The van der Waals surface area contributed by atoms with Gasteiger partial charge in [-0.1, -0.05) is 23.5 Å². The molecule has 152 valence electrons. The van der Waals surface area contributed by atoms with Crippen LogP contribution in [0.4, 0.5) is 16.6 Å². The SMILES string of the molecule is CCOC(=O)c1ccc(Nc2nc(N(C)C)c(C(=O)c3cccc(C#N)c3)s2)cc1. The Morgan fingerprint density at radius 1 is 1.17 bits per heavy atom. The lowest BCUT2D eigenvalue weighted by Crippen LogP contribution is -2.13. The highest BCUT2D eigenvalue weighted by Crippen LogP contribution is 2.33. The molecule has 0 fully saturated rings. The average molecular weight is 420 g/mol. The average Bonchev–Trinajstić information content (AvgIpc) is 3.18. The van der Waals surface area contributed by atoms with Crippen LogP contribution in [-0.2, 0) is 4.74 Å². The van der Waals surface area contributed by atoms with Gasteiger partial charge in [0.05, 0.1) is 23.8 Å². The Hall–Kier alpha value is -3.70. The maximum absolute atomic E-state index is 13.0. The van der Waals surface area contributed by atoms with Crippen molar-refractivity contribution in [2.45, 2.75) is 6.92 Å². The molecule has 7 nitrogen and oxygen atoms in total. The summed E-state index contributed by atoms with van der Waals surface area (Å²) in [4.78, 5) is 31.6. The molecule has 0 aliphatic heterocycles. The summed E-state index contributed by atoms with van der Waals surface area (Å²) in [7, 11) is 3.63. The van der Waals surface area contributed by atoms with Crippen LogP contribution in [0.2, 0.25) is 0 Å². The summed E-state index contributed by atoms with van der Waals surface area (Å²) in [6.45, 7) is 2.08. The minimum Gasteiger partial charge on any atom is -0.462 e. The number of ether oxygens (including phenoxy) is 1. The third-order valence-electron chi connectivity index (χ3n) is 4.14. The first-order chi connectivity index (χ1) is 14.4. The predicted molar refractivity (Wildman–Crippen MR) is 117 cm³/mol. The largest absolute Gasteiger partial charge is 0.462 e. The van der Waals surface area contributed by atoms with Gasteiger partial charge in [0.15, 0.2) is 10.9 Å². The van der Waals surface area contributed by atoms with Crippen LogP contribution in [0, 0.1) is 11.3 Å². The number of ketones is 1. The molecule has 1 aromatic heterocycles. The molecule has 1 N–H and O–H groups in total. The van der Waals surface area contributed by atoms with Crippen molar-refractivity contribution in [3.8, 4) is 6.07 Å². The van der Waals surface area contributed by atoms with Crippen LogP contribution in [-0.4, -0.2) is 37.4 Å². The third kappa shape index (κ3) is 4.64. The van der Waals surface area contributed by atoms with Gasteiger partial charge in [-0.3, -0.25) is 4.79 Å². The fourth-order valence-corrected chi connectivity index (χ4v) is 3.73. The molecule has 0 spiro atoms. The standard InChI is InChI=1S/C22H20N4O3S/c1-4-29-21(28)15-8-10-17(11-9-15)24-22-25-20(26(2)3)19(30-22)18(27)16-7-5-6-14(12-16)13-23/h5-12H,4H2,1-3H3,(H,24,25). The molecule has 0 aliphatic rings. The number of benzene rings is 2. The van der Waals surface area contributed by atoms with Gasteiger partial charge >= 0.3 is 5.97 Å². The first kappa shape index (κ1) is 21.0. The van der Waals surface area contributed by atoms with Gasteiger partial charge in [-0.2, -0.15) is 5.26 Å². The molecule has 0 unspecified atom stereocenters. The van der Waals surface area contributed by atoms with E-state index in [2.05, 4.69) is 10.3 Å². The Morgan fingerprint density at radius 2 is 1.90 bits per heavy atom. The van der Waals surface area contributed by atoms with E-state index in [1.165, 1.54) is 11.3 Å². The summed E-state index contributed by atoms with van der Waals surface area (Å²) in [5, 5.41) is 12.8. The lowest BCUT2D eigenvalue weighted by molar-refractivity contribution is 0.0526. The summed E-state index contributed by atoms with van der Waals surface area (Å²) in [5.41, 5.74) is 2.05. The predicted octanol–water partition coefficient (Wildman–Crippen LogP) is 4.23. The van der Waals surface area contributed by atoms with Crippen LogP contribution in [0.15, 0.2) is 48.5 Å². The topological polar surface area (TPSA) is 95.3 Å². The van der Waals surface area contributed by atoms with Gasteiger partial charge < -0.3 is 15.0 Å². The van der Waals surface area contributed by atoms with Crippen LogP contribution >= 0.6 is 11.3 Å². The smallest absolute Gasteiger partial charge is 0.338 e. The summed E-state index contributed by atoms with van der Waals surface area (Å²) in [6.07, 6.45) is 0. The van der Waals surface area contributed by atoms with Crippen LogP contribution in [0.3, 0.4) is 0 Å². The third-order valence-corrected chi connectivity index (χ3v) is 5.10. The van der Waals surface area contributed by atoms with Crippen LogP contribution in [0.25, 0.3) is 0 Å². The number of nitrogens with zero attached hydrogens (tertiary/aromatic N) is 3. The second-order valence-corrected chi connectivity index (χ2v) is 7.51. The summed E-state index contributed by atoms with van der Waals surface area (Å²) < 4.78 is 4.98. The molecule has 0 radical (unpaired) electrons. The fraction of sp³-hybridized carbons (Fsp3) is 0.182. The zero-order valence-electron chi connectivity index (χ0n) is 16.8. The maximum Gasteiger partial charge on any atom is 0.338 e. The molecule has 0 amide bonds. The van der Waals surface area contributed by atoms with E-state index < -0.39 is 0 Å². The van der Waals surface area contributed by atoms with Crippen molar-refractivity contribution in [2.75, 3.05) is 30.9 Å². The molecule has 1 heterocycles. The Bertz CT molecular complexity index is 1110. The monoisotopic (exact) mass is 420 g/mol. The van der Waals surface area contributed by atoms with E-state index in [0.717, 1.165) is 5.69 Å². The highest BCUT2D eigenvalue weighted by atomic mass is 32.1. The van der Waals surface area contributed by atoms with E-state index in [1.807, 2.05) is 20.2 Å². The van der Waals surface area contributed by atoms with Crippen LogP contribution < -0.4 is 10.2 Å². The Balaban J connectivity index is 1.86. The highest BCUT2D eigenvalue weighted by Gasteiger charge is 2.21. The first-order valence-corrected chi connectivity index (χ1v) is 10.0. The molecule has 30 heavy (non-hydrogen) atoms. The number of rotatable bonds is 7. The van der Waals surface area contributed by atoms with Crippen molar-refractivity contribution >= 4 is 39.7 Å². The Morgan fingerprint density at radius 3 is 2.53 bits per heavy atom. The van der Waals surface area contributed by atoms with E-state index in [-0.39, 0.29) is 11.8 Å². The van der Waals surface area contributed by atoms with Crippen molar-refractivity contribution in [3.63, 3.8) is 0 Å². The summed E-state index contributed by atoms with van der Waals surface area (Å²) in [6, 6.07) is 15.5. The number of anilines is 3. The second-order valence-electron chi connectivity index (χ2n) is 6.51. The lowest BCUT2D eigenvalue weighted by Gasteiger charge is -2.10. The highest BCUT2D eigenvalue weighted by molar-refractivity contribution is 7.18. The lowest BCUT2D eigenvalue weighted by atomic mass is 10.1. The van der Waals surface area contributed by atoms with E-state index in [1.54, 1.807) is 60.4 Å². The molecule has 0 bridgehead atoms. The molecule has 8 heteroatoms. The summed E-state index contributed by atoms with van der Waals surface area (Å²) >= 11 is 1.23. The molecule has 2 aromatic carbocycles. The number of nitriles is 1. The van der Waals surface area contributed by atoms with Gasteiger partial charge in [-0.15, -0.1) is 0 Å². The quantitative estimate of drug-likeness (QED) is 0.451. The van der Waals surface area contributed by atoms with Gasteiger partial charge in [-0.25, -0.2) is 9.78 Å². The molecular formula is C22H20N4O3S. The molecule has 3 aromatic rings. The number of aromatic nitrogens is 1. The normalized spacial score (nSPS) is 10.2. The van der Waals surface area contributed by atoms with Crippen molar-refractivity contribution < 1.29 is 14.3 Å². The minimum absolute atomic E-state index is 0.195. The van der Waals surface area contributed by atoms with Crippen molar-refractivity contribution in [1.29, 1.82) is 5.26 Å². The fourth-order valence-electron chi connectivity index (χ4n) is 2.71. The number of hydrogen-bond acceptors (Lipinski definition) is 8. The van der Waals surface area contributed by atoms with Gasteiger partial charge in [0.25, 0.3) is 0 Å². The maximum atomic E-state index is 13.0. The van der Waals surface area contributed by atoms with Crippen LogP contribution in [0.5, 0.6) is 0 Å². The number of esters is 1. The van der Waals surface area contributed by atoms with Crippen molar-refractivity contribution in [3.05, 3.63) is 70.1 Å². The molecular weight excluding hydrogens is 400 g/mol. The number of hydrogen-bond donors (Lipinski definition) is 1. The van der Waals surface area contributed by atoms with E-state index in [4.69, 9.17) is 10.00 Å². The van der Waals surface area contributed by atoms with Gasteiger partial charge in [0.2, 0.25) is 5.78 Å². The summed E-state index contributed by atoms with van der Waals surface area (Å²) in [5.74, 6) is -0.0299. The molecule has 0 saturated carbocycles. The molecule has 3 rings (SSSR count). The minimum atomic E-state index is -0.374. The second kappa shape index (κ2) is 9.20. The molecule has 0 atom stereocenters. The van der Waals surface area contributed by atoms with Crippen molar-refractivity contribution in [2.24, 2.45) is 0 Å². The molecule has 0 saturated heterocycles. The van der Waals surface area contributed by atoms with E-state index >= 15 is 0 Å². The van der Waals surface area contributed by atoms with Gasteiger partial charge in [0.1, 0.15) is 4.88 Å². The van der Waals surface area contributed by atoms with Crippen LogP contribution in [0.1, 0.15) is 38.1 Å². The zero-order valence-corrected chi connectivity index (χ0v) is 17.6. The van der Waals surface area contributed by atoms with Crippen molar-refractivity contribution in [1.82, 2.24) is 4.98 Å². The zero-order chi connectivity index (χ0) is 21.7. The number of carbonyl (C=O) groups is 2. The Kier molecular flexibility index (Phi) is 6.45. The molecule has 0 aliphatic carbocycles.